The first-order valence-electron chi connectivity index (χ1n) is 5.41. The van der Waals surface area contributed by atoms with E-state index in [9.17, 15) is 4.79 Å². The van der Waals surface area contributed by atoms with Gasteiger partial charge in [-0.2, -0.15) is 0 Å². The van der Waals surface area contributed by atoms with Crippen LogP contribution in [0.15, 0.2) is 30.5 Å². The van der Waals surface area contributed by atoms with Crippen LogP contribution in [-0.2, 0) is 11.2 Å². The smallest absolute Gasteiger partial charge is 0.356 e. The van der Waals surface area contributed by atoms with Gasteiger partial charge in [0.2, 0.25) is 0 Å². The molecule has 2 aromatic rings. The van der Waals surface area contributed by atoms with E-state index < -0.39 is 5.97 Å². The lowest BCUT2D eigenvalue weighted by Gasteiger charge is -2.04. The van der Waals surface area contributed by atoms with Gasteiger partial charge in [-0.25, -0.2) is 4.79 Å². The van der Waals surface area contributed by atoms with Crippen molar-refractivity contribution in [3.63, 3.8) is 0 Å². The Kier molecular flexibility index (Phi) is 3.58. The Morgan fingerprint density at radius 1 is 1.39 bits per heavy atom. The van der Waals surface area contributed by atoms with E-state index in [4.69, 9.17) is 17.3 Å². The van der Waals surface area contributed by atoms with Crippen LogP contribution in [0.4, 0.5) is 5.69 Å². The molecule has 0 radical (unpaired) electrons. The van der Waals surface area contributed by atoms with Crippen molar-refractivity contribution in [2.75, 3.05) is 12.8 Å². The molecule has 1 heterocycles. The molecule has 2 rings (SSSR count). The second-order valence-corrected chi connectivity index (χ2v) is 4.27. The molecule has 1 aromatic carbocycles. The Balaban J connectivity index is 2.29. The van der Waals surface area contributed by atoms with Crippen molar-refractivity contribution in [3.05, 3.63) is 52.3 Å². The van der Waals surface area contributed by atoms with Gasteiger partial charge in [-0.15, -0.1) is 0 Å². The molecule has 5 heteroatoms. The summed E-state index contributed by atoms with van der Waals surface area (Å²) in [7, 11) is 1.32. The van der Waals surface area contributed by atoms with Crippen LogP contribution in [0.1, 0.15) is 21.6 Å². The molecule has 0 unspecified atom stereocenters. The summed E-state index contributed by atoms with van der Waals surface area (Å²) in [6, 6.07) is 7.52. The molecule has 0 saturated carbocycles. The van der Waals surface area contributed by atoms with Crippen molar-refractivity contribution in [2.45, 2.75) is 6.42 Å². The second-order valence-electron chi connectivity index (χ2n) is 3.86. The summed E-state index contributed by atoms with van der Waals surface area (Å²) in [6.07, 6.45) is 2.27. The van der Waals surface area contributed by atoms with E-state index in [-0.39, 0.29) is 5.69 Å². The molecule has 0 saturated heterocycles. The van der Waals surface area contributed by atoms with Crippen molar-refractivity contribution in [3.8, 4) is 0 Å². The fraction of sp³-hybridized carbons (Fsp3) is 0.154. The number of methoxy groups -OCH3 is 1. The number of anilines is 1. The van der Waals surface area contributed by atoms with Gasteiger partial charge in [-0.3, -0.25) is 0 Å². The number of carbonyl (C=O) groups is 1. The van der Waals surface area contributed by atoms with Crippen LogP contribution < -0.4 is 5.73 Å². The first-order valence-corrected chi connectivity index (χ1v) is 5.78. The molecular formula is C13H13ClN2O2. The molecule has 0 atom stereocenters. The van der Waals surface area contributed by atoms with E-state index >= 15 is 0 Å². The number of rotatable bonds is 3. The van der Waals surface area contributed by atoms with Crippen LogP contribution >= 0.6 is 11.6 Å². The minimum absolute atomic E-state index is 0.277. The average Bonchev–Trinajstić information content (AvgIpc) is 2.73. The molecule has 0 aliphatic carbocycles. The number of hydrogen-bond acceptors (Lipinski definition) is 3. The number of ether oxygens (including phenoxy) is 1. The van der Waals surface area contributed by atoms with Crippen LogP contribution in [0.2, 0.25) is 5.02 Å². The topological polar surface area (TPSA) is 68.1 Å². The van der Waals surface area contributed by atoms with Gasteiger partial charge in [0.25, 0.3) is 0 Å². The highest BCUT2D eigenvalue weighted by Gasteiger charge is 2.16. The van der Waals surface area contributed by atoms with E-state index in [1.54, 1.807) is 6.20 Å². The van der Waals surface area contributed by atoms with Crippen molar-refractivity contribution in [1.29, 1.82) is 0 Å². The number of halogens is 1. The van der Waals surface area contributed by atoms with Crippen LogP contribution in [0.3, 0.4) is 0 Å². The van der Waals surface area contributed by atoms with Crippen molar-refractivity contribution in [1.82, 2.24) is 4.98 Å². The third-order valence-corrected chi connectivity index (χ3v) is 3.10. The van der Waals surface area contributed by atoms with Crippen LogP contribution in [0.5, 0.6) is 0 Å². The number of aromatic amines is 1. The summed E-state index contributed by atoms with van der Waals surface area (Å²) in [5, 5.41) is 0.678. The summed E-state index contributed by atoms with van der Waals surface area (Å²) < 4.78 is 4.63. The SMILES string of the molecule is COC(=O)c1[nH]cc(Cc2ccccc2Cl)c1N. The van der Waals surface area contributed by atoms with Crippen molar-refractivity contribution >= 4 is 23.3 Å². The fourth-order valence-corrected chi connectivity index (χ4v) is 1.94. The average molecular weight is 265 g/mol. The summed E-state index contributed by atoms with van der Waals surface area (Å²) in [4.78, 5) is 14.2. The van der Waals surface area contributed by atoms with Crippen LogP contribution in [0.25, 0.3) is 0 Å². The highest BCUT2D eigenvalue weighted by Crippen LogP contribution is 2.24. The first kappa shape index (κ1) is 12.5. The quantitative estimate of drug-likeness (QED) is 0.838. The molecule has 94 valence electrons. The fourth-order valence-electron chi connectivity index (χ4n) is 1.74. The first-order chi connectivity index (χ1) is 8.63. The molecule has 4 nitrogen and oxygen atoms in total. The number of H-pyrrole nitrogens is 1. The van der Waals surface area contributed by atoms with Gasteiger partial charge in [-0.1, -0.05) is 29.8 Å². The molecule has 0 spiro atoms. The zero-order chi connectivity index (χ0) is 13.1. The van der Waals surface area contributed by atoms with Gasteiger partial charge in [0.15, 0.2) is 0 Å². The zero-order valence-corrected chi connectivity index (χ0v) is 10.6. The number of aromatic nitrogens is 1. The largest absolute Gasteiger partial charge is 0.464 e. The summed E-state index contributed by atoms with van der Waals surface area (Å²) in [5.41, 5.74) is 8.37. The lowest BCUT2D eigenvalue weighted by atomic mass is 10.1. The zero-order valence-electron chi connectivity index (χ0n) is 9.87. The molecule has 0 aliphatic heterocycles. The number of nitrogens with one attached hydrogen (secondary N) is 1. The molecule has 1 aromatic heterocycles. The van der Waals surface area contributed by atoms with E-state index in [0.717, 1.165) is 11.1 Å². The molecule has 0 fully saturated rings. The lowest BCUT2D eigenvalue weighted by Crippen LogP contribution is -2.05. The normalized spacial score (nSPS) is 10.3. The predicted molar refractivity (Wildman–Crippen MR) is 70.8 cm³/mol. The molecule has 0 aliphatic rings. The van der Waals surface area contributed by atoms with Gasteiger partial charge < -0.3 is 15.5 Å². The number of esters is 1. The maximum absolute atomic E-state index is 11.4. The van der Waals surface area contributed by atoms with Gasteiger partial charge in [-0.05, 0) is 17.2 Å². The van der Waals surface area contributed by atoms with Crippen LogP contribution in [-0.4, -0.2) is 18.1 Å². The van der Waals surface area contributed by atoms with Gasteiger partial charge in [0, 0.05) is 17.6 Å². The van der Waals surface area contributed by atoms with E-state index in [0.29, 0.717) is 17.1 Å². The minimum Gasteiger partial charge on any atom is -0.464 e. The van der Waals surface area contributed by atoms with E-state index in [1.807, 2.05) is 24.3 Å². The molecule has 0 amide bonds. The van der Waals surface area contributed by atoms with Crippen molar-refractivity contribution < 1.29 is 9.53 Å². The van der Waals surface area contributed by atoms with Crippen molar-refractivity contribution in [2.24, 2.45) is 0 Å². The van der Waals surface area contributed by atoms with E-state index in [1.165, 1.54) is 7.11 Å². The minimum atomic E-state index is -0.474. The molecular weight excluding hydrogens is 252 g/mol. The number of benzene rings is 1. The Labute approximate surface area is 110 Å². The Hall–Kier alpha value is -1.94. The Morgan fingerprint density at radius 2 is 2.11 bits per heavy atom. The second kappa shape index (κ2) is 5.14. The number of hydrogen-bond donors (Lipinski definition) is 2. The summed E-state index contributed by atoms with van der Waals surface area (Å²) >= 11 is 6.08. The summed E-state index contributed by atoms with van der Waals surface area (Å²) in [5.74, 6) is -0.474. The van der Waals surface area contributed by atoms with E-state index in [2.05, 4.69) is 9.72 Å². The molecule has 18 heavy (non-hydrogen) atoms. The highest BCUT2D eigenvalue weighted by atomic mass is 35.5. The Bertz CT molecular complexity index is 578. The predicted octanol–water partition coefficient (Wildman–Crippen LogP) is 2.63. The molecule has 3 N–H and O–H groups in total. The summed E-state index contributed by atoms with van der Waals surface area (Å²) in [6.45, 7) is 0. The highest BCUT2D eigenvalue weighted by molar-refractivity contribution is 6.31. The van der Waals surface area contributed by atoms with Gasteiger partial charge in [0.05, 0.1) is 12.8 Å². The molecule has 0 bridgehead atoms. The number of nitrogen functional groups attached to an aromatic ring is 1. The maximum atomic E-state index is 11.4. The Morgan fingerprint density at radius 3 is 2.78 bits per heavy atom. The monoisotopic (exact) mass is 264 g/mol. The number of nitrogens with two attached hydrogens (primary N) is 1. The standard InChI is InChI=1S/C13H13ClN2O2/c1-18-13(17)12-11(15)9(7-16-12)6-8-4-2-3-5-10(8)14/h2-5,7,16H,6,15H2,1H3. The van der Waals surface area contributed by atoms with Crippen LogP contribution in [0, 0.1) is 0 Å². The lowest BCUT2D eigenvalue weighted by molar-refractivity contribution is 0.0596. The maximum Gasteiger partial charge on any atom is 0.356 e. The third-order valence-electron chi connectivity index (χ3n) is 2.73. The third kappa shape index (κ3) is 2.33. The number of carbonyl (C=O) groups excluding carboxylic acids is 1. The van der Waals surface area contributed by atoms with Gasteiger partial charge >= 0.3 is 5.97 Å². The van der Waals surface area contributed by atoms with Gasteiger partial charge in [0.1, 0.15) is 5.69 Å².